The summed E-state index contributed by atoms with van der Waals surface area (Å²) >= 11 is 0. The number of piperidine rings is 1. The molecule has 0 aromatic heterocycles. The van der Waals surface area contributed by atoms with E-state index >= 15 is 0 Å². The van der Waals surface area contributed by atoms with Crippen LogP contribution in [-0.2, 0) is 20.7 Å². The fraction of sp³-hybridized carbons (Fsp3) is 0.524. The van der Waals surface area contributed by atoms with Gasteiger partial charge in [-0.15, -0.1) is 0 Å². The summed E-state index contributed by atoms with van der Waals surface area (Å²) in [4.78, 5) is 24.5. The number of hydrogen-bond acceptors (Lipinski definition) is 4. The van der Waals surface area contributed by atoms with Gasteiger partial charge in [-0.3, -0.25) is 4.79 Å². The van der Waals surface area contributed by atoms with Gasteiger partial charge in [-0.25, -0.2) is 4.79 Å². The van der Waals surface area contributed by atoms with Crippen LogP contribution in [0, 0.1) is 0 Å². The maximum atomic E-state index is 12.3. The predicted octanol–water partition coefficient (Wildman–Crippen LogP) is 2.41. The Hall–Kier alpha value is -2.18. The fourth-order valence-corrected chi connectivity index (χ4v) is 3.39. The molecule has 27 heavy (non-hydrogen) atoms. The Bertz CT molecular complexity index is 616. The van der Waals surface area contributed by atoms with Crippen LogP contribution in [0.15, 0.2) is 42.5 Å². The Morgan fingerprint density at radius 3 is 2.81 bits per heavy atom. The van der Waals surface area contributed by atoms with Crippen LogP contribution in [0.5, 0.6) is 0 Å². The first kappa shape index (κ1) is 21.1. The van der Waals surface area contributed by atoms with E-state index in [1.165, 1.54) is 0 Å². The lowest BCUT2D eigenvalue weighted by atomic mass is 9.94. The number of carboxylic acids is 1. The topological polar surface area (TPSA) is 87.1 Å². The van der Waals surface area contributed by atoms with Crippen molar-refractivity contribution in [3.63, 3.8) is 0 Å². The van der Waals surface area contributed by atoms with Gasteiger partial charge in [-0.1, -0.05) is 42.5 Å². The Balaban J connectivity index is 1.77. The molecular weight excluding hydrogens is 346 g/mol. The Labute approximate surface area is 160 Å². The van der Waals surface area contributed by atoms with Crippen molar-refractivity contribution in [1.29, 1.82) is 0 Å². The molecule has 0 spiro atoms. The number of nitrogens with zero attached hydrogens (tertiary/aromatic N) is 1. The monoisotopic (exact) mass is 375 g/mol. The third-order valence-electron chi connectivity index (χ3n) is 4.74. The number of ether oxygens (including phenoxy) is 1. The number of aliphatic carboxylic acids is 1. The molecule has 1 heterocycles. The van der Waals surface area contributed by atoms with Gasteiger partial charge in [0.1, 0.15) is 6.61 Å². The van der Waals surface area contributed by atoms with Crippen LogP contribution in [0.3, 0.4) is 0 Å². The van der Waals surface area contributed by atoms with Gasteiger partial charge in [0.15, 0.2) is 0 Å². The van der Waals surface area contributed by atoms with Crippen molar-refractivity contribution in [1.82, 2.24) is 4.90 Å². The number of aliphatic hydroxyl groups excluding tert-OH is 1. The van der Waals surface area contributed by atoms with E-state index < -0.39 is 12.1 Å². The quantitative estimate of drug-likeness (QED) is 0.458. The zero-order valence-electron chi connectivity index (χ0n) is 15.6. The van der Waals surface area contributed by atoms with Crippen molar-refractivity contribution in [2.24, 2.45) is 0 Å². The molecule has 6 heteroatoms. The zero-order chi connectivity index (χ0) is 19.5. The van der Waals surface area contributed by atoms with E-state index in [0.717, 1.165) is 24.8 Å². The highest BCUT2D eigenvalue weighted by atomic mass is 16.5. The SMILES string of the molecule is O=C(O)COC/C=C\CN1C(=O)CCC[C@@H]1CCC(O)Cc1ccccc1. The Morgan fingerprint density at radius 1 is 1.30 bits per heavy atom. The Morgan fingerprint density at radius 2 is 2.07 bits per heavy atom. The summed E-state index contributed by atoms with van der Waals surface area (Å²) in [5.41, 5.74) is 1.12. The number of likely N-dealkylation sites (tertiary alicyclic amines) is 1. The van der Waals surface area contributed by atoms with E-state index in [9.17, 15) is 14.7 Å². The van der Waals surface area contributed by atoms with E-state index in [-0.39, 0.29) is 25.2 Å². The summed E-state index contributed by atoms with van der Waals surface area (Å²) in [6.45, 7) is 0.387. The molecule has 0 bridgehead atoms. The lowest BCUT2D eigenvalue weighted by molar-refractivity contribution is -0.141. The number of rotatable bonds is 11. The molecule has 1 unspecified atom stereocenters. The van der Waals surface area contributed by atoms with Crippen molar-refractivity contribution in [2.75, 3.05) is 19.8 Å². The first-order valence-corrected chi connectivity index (χ1v) is 9.52. The van der Waals surface area contributed by atoms with E-state index in [1.807, 2.05) is 41.3 Å². The molecule has 1 aromatic carbocycles. The lowest BCUT2D eigenvalue weighted by Crippen LogP contribution is -2.44. The van der Waals surface area contributed by atoms with Crippen LogP contribution < -0.4 is 0 Å². The minimum atomic E-state index is -0.997. The smallest absolute Gasteiger partial charge is 0.329 e. The number of carbonyl (C=O) groups excluding carboxylic acids is 1. The number of benzene rings is 1. The summed E-state index contributed by atoms with van der Waals surface area (Å²) < 4.78 is 4.95. The summed E-state index contributed by atoms with van der Waals surface area (Å²) in [6.07, 6.45) is 7.65. The third-order valence-corrected chi connectivity index (χ3v) is 4.74. The molecule has 2 atom stereocenters. The number of aliphatic hydroxyl groups is 1. The fourth-order valence-electron chi connectivity index (χ4n) is 3.39. The molecule has 148 valence electrons. The highest BCUT2D eigenvalue weighted by Crippen LogP contribution is 2.23. The molecular formula is C21H29NO5. The summed E-state index contributed by atoms with van der Waals surface area (Å²) in [5.74, 6) is -0.858. The first-order chi connectivity index (χ1) is 13.1. The van der Waals surface area contributed by atoms with Gasteiger partial charge in [-0.2, -0.15) is 0 Å². The Kier molecular flexibility index (Phi) is 9.01. The number of hydrogen-bond donors (Lipinski definition) is 2. The van der Waals surface area contributed by atoms with Gasteiger partial charge >= 0.3 is 5.97 Å². The van der Waals surface area contributed by atoms with Crippen molar-refractivity contribution in [2.45, 2.75) is 50.7 Å². The summed E-state index contributed by atoms with van der Waals surface area (Å²) in [7, 11) is 0. The number of amides is 1. The van der Waals surface area contributed by atoms with Gasteiger partial charge < -0.3 is 19.8 Å². The molecule has 0 aliphatic carbocycles. The summed E-state index contributed by atoms with van der Waals surface area (Å²) in [5, 5.41) is 18.8. The molecule has 1 aliphatic rings. The molecule has 1 saturated heterocycles. The highest BCUT2D eigenvalue weighted by molar-refractivity contribution is 5.77. The zero-order valence-corrected chi connectivity index (χ0v) is 15.6. The van der Waals surface area contributed by atoms with Crippen molar-refractivity contribution in [3.05, 3.63) is 48.0 Å². The van der Waals surface area contributed by atoms with Gasteiger partial charge in [-0.05, 0) is 37.7 Å². The molecule has 1 fully saturated rings. The molecule has 2 rings (SSSR count). The van der Waals surface area contributed by atoms with E-state index in [4.69, 9.17) is 9.84 Å². The molecule has 1 amide bonds. The number of carboxylic acid groups (broad SMARTS) is 1. The molecule has 0 saturated carbocycles. The summed E-state index contributed by atoms with van der Waals surface area (Å²) in [6, 6.07) is 10.1. The van der Waals surface area contributed by atoms with Crippen molar-refractivity contribution in [3.8, 4) is 0 Å². The van der Waals surface area contributed by atoms with Gasteiger partial charge in [0, 0.05) is 19.0 Å². The molecule has 1 aromatic rings. The maximum absolute atomic E-state index is 12.3. The molecule has 2 N–H and O–H groups in total. The number of carbonyl (C=O) groups is 2. The average Bonchev–Trinajstić information content (AvgIpc) is 2.65. The lowest BCUT2D eigenvalue weighted by Gasteiger charge is -2.35. The van der Waals surface area contributed by atoms with Gasteiger partial charge in [0.05, 0.1) is 12.7 Å². The maximum Gasteiger partial charge on any atom is 0.329 e. The van der Waals surface area contributed by atoms with Gasteiger partial charge in [0.25, 0.3) is 0 Å². The van der Waals surface area contributed by atoms with Crippen LogP contribution in [0.4, 0.5) is 0 Å². The normalized spacial score (nSPS) is 18.8. The molecule has 1 aliphatic heterocycles. The minimum absolute atomic E-state index is 0.139. The third kappa shape index (κ3) is 7.93. The van der Waals surface area contributed by atoms with Crippen LogP contribution >= 0.6 is 0 Å². The van der Waals surface area contributed by atoms with Crippen molar-refractivity contribution >= 4 is 11.9 Å². The van der Waals surface area contributed by atoms with E-state index in [2.05, 4.69) is 0 Å². The standard InChI is InChI=1S/C21H29NO5/c23-19(15-17-7-2-1-3-8-17)12-11-18-9-6-10-20(24)22(18)13-4-5-14-27-16-21(25)26/h1-5,7-8,18-19,23H,6,9-16H2,(H,25,26)/b5-4-/t18-,19?/m1/s1. The largest absolute Gasteiger partial charge is 0.480 e. The van der Waals surface area contributed by atoms with E-state index in [0.29, 0.717) is 25.8 Å². The van der Waals surface area contributed by atoms with Crippen LogP contribution in [0.25, 0.3) is 0 Å². The average molecular weight is 375 g/mol. The predicted molar refractivity (Wildman–Crippen MR) is 102 cm³/mol. The van der Waals surface area contributed by atoms with E-state index in [1.54, 1.807) is 6.08 Å². The van der Waals surface area contributed by atoms with Crippen molar-refractivity contribution < 1.29 is 24.5 Å². The second-order valence-corrected chi connectivity index (χ2v) is 6.89. The second kappa shape index (κ2) is 11.5. The second-order valence-electron chi connectivity index (χ2n) is 6.89. The van der Waals surface area contributed by atoms with Crippen LogP contribution in [-0.4, -0.2) is 58.9 Å². The van der Waals surface area contributed by atoms with Gasteiger partial charge in [0.2, 0.25) is 5.91 Å². The highest BCUT2D eigenvalue weighted by Gasteiger charge is 2.27. The molecule has 0 radical (unpaired) electrons. The molecule has 6 nitrogen and oxygen atoms in total. The minimum Gasteiger partial charge on any atom is -0.480 e. The van der Waals surface area contributed by atoms with Crippen LogP contribution in [0.2, 0.25) is 0 Å². The van der Waals surface area contributed by atoms with Crippen LogP contribution in [0.1, 0.15) is 37.7 Å². The first-order valence-electron chi connectivity index (χ1n) is 9.52.